The Balaban J connectivity index is 1.62. The maximum atomic E-state index is 13.5. The summed E-state index contributed by atoms with van der Waals surface area (Å²) in [6.45, 7) is 2.06. The van der Waals surface area contributed by atoms with Crippen LogP contribution in [0.1, 0.15) is 44.9 Å². The number of halogens is 1. The molecule has 1 N–H and O–H groups in total. The van der Waals surface area contributed by atoms with E-state index in [-0.39, 0.29) is 5.91 Å². The van der Waals surface area contributed by atoms with Crippen LogP contribution in [0, 0.1) is 0 Å². The lowest BCUT2D eigenvalue weighted by atomic mass is 9.97. The SMILES string of the molecule is CCOC(=O)c1ccc(N2C(=O)c3n[nH]c(-c4ccco4)c3[C@H]2c2ccc(Br)cc2)cc1. The molecule has 1 atom stereocenters. The van der Waals surface area contributed by atoms with Crippen molar-refractivity contribution in [1.82, 2.24) is 10.2 Å². The summed E-state index contributed by atoms with van der Waals surface area (Å²) < 4.78 is 11.6. The quantitative estimate of drug-likeness (QED) is 0.379. The summed E-state index contributed by atoms with van der Waals surface area (Å²) in [5.74, 6) is -0.0245. The van der Waals surface area contributed by atoms with Crippen molar-refractivity contribution >= 4 is 33.5 Å². The second-order valence-corrected chi connectivity index (χ2v) is 8.15. The first-order chi connectivity index (χ1) is 15.6. The topological polar surface area (TPSA) is 88.4 Å². The van der Waals surface area contributed by atoms with Crippen molar-refractivity contribution in [2.75, 3.05) is 11.5 Å². The molecule has 3 heterocycles. The number of anilines is 1. The van der Waals surface area contributed by atoms with E-state index in [1.807, 2.05) is 30.3 Å². The molecule has 0 radical (unpaired) electrons. The van der Waals surface area contributed by atoms with Crippen molar-refractivity contribution in [3.8, 4) is 11.5 Å². The Morgan fingerprint density at radius 1 is 1.16 bits per heavy atom. The average molecular weight is 492 g/mol. The van der Waals surface area contributed by atoms with E-state index in [0.717, 1.165) is 15.6 Å². The molecule has 5 rings (SSSR count). The third kappa shape index (κ3) is 3.33. The van der Waals surface area contributed by atoms with Gasteiger partial charge < -0.3 is 9.15 Å². The molecule has 0 spiro atoms. The van der Waals surface area contributed by atoms with Gasteiger partial charge in [0, 0.05) is 15.7 Å². The number of nitrogens with zero attached hydrogens (tertiary/aromatic N) is 2. The van der Waals surface area contributed by atoms with Gasteiger partial charge in [0.05, 0.1) is 24.5 Å². The molecular formula is C24H18BrN3O4. The first-order valence-corrected chi connectivity index (χ1v) is 10.9. The first-order valence-electron chi connectivity index (χ1n) is 10.1. The van der Waals surface area contributed by atoms with Crippen molar-refractivity contribution in [1.29, 1.82) is 0 Å². The van der Waals surface area contributed by atoms with Crippen LogP contribution < -0.4 is 4.90 Å². The van der Waals surface area contributed by atoms with E-state index in [4.69, 9.17) is 9.15 Å². The van der Waals surface area contributed by atoms with Gasteiger partial charge >= 0.3 is 5.97 Å². The number of amides is 1. The van der Waals surface area contributed by atoms with E-state index in [9.17, 15) is 9.59 Å². The van der Waals surface area contributed by atoms with Crippen LogP contribution in [0.3, 0.4) is 0 Å². The number of ether oxygens (including phenoxy) is 1. The highest BCUT2D eigenvalue weighted by molar-refractivity contribution is 9.10. The summed E-state index contributed by atoms with van der Waals surface area (Å²) in [6.07, 6.45) is 1.58. The highest BCUT2D eigenvalue weighted by Gasteiger charge is 2.43. The van der Waals surface area contributed by atoms with Gasteiger partial charge in [0.15, 0.2) is 11.5 Å². The van der Waals surface area contributed by atoms with Crippen molar-refractivity contribution in [2.24, 2.45) is 0 Å². The Labute approximate surface area is 192 Å². The highest BCUT2D eigenvalue weighted by Crippen LogP contribution is 2.45. The smallest absolute Gasteiger partial charge is 0.338 e. The molecule has 1 amide bonds. The van der Waals surface area contributed by atoms with Gasteiger partial charge in [-0.1, -0.05) is 28.1 Å². The average Bonchev–Trinajstić information content (AvgIpc) is 3.53. The van der Waals surface area contributed by atoms with Crippen LogP contribution in [0.25, 0.3) is 11.5 Å². The van der Waals surface area contributed by atoms with Gasteiger partial charge in [0.2, 0.25) is 0 Å². The number of esters is 1. The van der Waals surface area contributed by atoms with Gasteiger partial charge in [0.1, 0.15) is 5.69 Å². The standard InChI is InChI=1S/C24H18BrN3O4/c1-2-31-24(30)15-7-11-17(12-8-15)28-22(14-5-9-16(25)10-6-14)19-20(18-4-3-13-32-18)26-27-21(19)23(28)29/h3-13,22H,2H2,1H3,(H,26,27)/t22-/m1/s1. The number of aromatic amines is 1. The van der Waals surface area contributed by atoms with E-state index in [0.29, 0.717) is 35.0 Å². The molecule has 1 aliphatic rings. The minimum absolute atomic E-state index is 0.231. The monoisotopic (exact) mass is 491 g/mol. The molecule has 2 aromatic carbocycles. The lowest BCUT2D eigenvalue weighted by Gasteiger charge is -2.26. The van der Waals surface area contributed by atoms with Crippen LogP contribution in [0.15, 0.2) is 75.8 Å². The molecule has 1 aliphatic heterocycles. The Kier molecular flexibility index (Phi) is 5.14. The first kappa shape index (κ1) is 20.3. The van der Waals surface area contributed by atoms with E-state index >= 15 is 0 Å². The minimum atomic E-state index is -0.419. The van der Waals surface area contributed by atoms with Gasteiger partial charge in [0.25, 0.3) is 5.91 Å². The number of carbonyl (C=O) groups excluding carboxylic acids is 2. The number of rotatable bonds is 5. The molecule has 0 saturated heterocycles. The highest BCUT2D eigenvalue weighted by atomic mass is 79.9. The zero-order valence-electron chi connectivity index (χ0n) is 17.0. The summed E-state index contributed by atoms with van der Waals surface area (Å²) in [5.41, 5.74) is 3.76. The van der Waals surface area contributed by atoms with Gasteiger partial charge in [-0.25, -0.2) is 4.79 Å². The number of H-pyrrole nitrogens is 1. The fourth-order valence-electron chi connectivity index (χ4n) is 3.95. The van der Waals surface area contributed by atoms with Gasteiger partial charge in [-0.05, 0) is 61.0 Å². The molecule has 160 valence electrons. The second-order valence-electron chi connectivity index (χ2n) is 7.23. The number of hydrogen-bond donors (Lipinski definition) is 1. The normalized spacial score (nSPS) is 15.1. The Morgan fingerprint density at radius 3 is 2.56 bits per heavy atom. The van der Waals surface area contributed by atoms with Crippen LogP contribution in [-0.4, -0.2) is 28.7 Å². The molecule has 0 saturated carbocycles. The van der Waals surface area contributed by atoms with Crippen molar-refractivity contribution in [3.63, 3.8) is 0 Å². The minimum Gasteiger partial charge on any atom is -0.463 e. The van der Waals surface area contributed by atoms with Crippen LogP contribution in [0.5, 0.6) is 0 Å². The Hall–Kier alpha value is -3.65. The van der Waals surface area contributed by atoms with Crippen LogP contribution in [-0.2, 0) is 4.74 Å². The molecular weight excluding hydrogens is 474 g/mol. The zero-order chi connectivity index (χ0) is 22.2. The summed E-state index contributed by atoms with van der Waals surface area (Å²) in [5, 5.41) is 7.28. The molecule has 0 bridgehead atoms. The molecule has 2 aromatic heterocycles. The largest absolute Gasteiger partial charge is 0.463 e. The number of carbonyl (C=O) groups is 2. The third-order valence-corrected chi connectivity index (χ3v) is 5.90. The molecule has 0 unspecified atom stereocenters. The van der Waals surface area contributed by atoms with Crippen molar-refractivity contribution in [2.45, 2.75) is 13.0 Å². The predicted molar refractivity (Wildman–Crippen MR) is 121 cm³/mol. The molecule has 7 nitrogen and oxygen atoms in total. The summed E-state index contributed by atoms with van der Waals surface area (Å²) in [6, 6.07) is 17.8. The van der Waals surface area contributed by atoms with Crippen LogP contribution in [0.2, 0.25) is 0 Å². The maximum absolute atomic E-state index is 13.5. The number of fused-ring (bicyclic) bond motifs is 1. The van der Waals surface area contributed by atoms with Crippen molar-refractivity contribution in [3.05, 3.63) is 93.8 Å². The molecule has 4 aromatic rings. The predicted octanol–water partition coefficient (Wildman–Crippen LogP) is 5.36. The fraction of sp³-hybridized carbons (Fsp3) is 0.125. The number of nitrogens with one attached hydrogen (secondary N) is 1. The van der Waals surface area contributed by atoms with Crippen LogP contribution in [0.4, 0.5) is 5.69 Å². The lowest BCUT2D eigenvalue weighted by molar-refractivity contribution is 0.0526. The second kappa shape index (κ2) is 8.12. The molecule has 8 heteroatoms. The van der Waals surface area contributed by atoms with E-state index in [1.165, 1.54) is 0 Å². The number of aromatic nitrogens is 2. The van der Waals surface area contributed by atoms with E-state index in [1.54, 1.807) is 48.4 Å². The zero-order valence-corrected chi connectivity index (χ0v) is 18.6. The van der Waals surface area contributed by atoms with Gasteiger partial charge in [-0.15, -0.1) is 0 Å². The van der Waals surface area contributed by atoms with E-state index < -0.39 is 12.0 Å². The maximum Gasteiger partial charge on any atom is 0.338 e. The summed E-state index contributed by atoms with van der Waals surface area (Å²) in [7, 11) is 0. The van der Waals surface area contributed by atoms with Gasteiger partial charge in [-0.2, -0.15) is 5.10 Å². The molecule has 0 fully saturated rings. The lowest BCUT2D eigenvalue weighted by Crippen LogP contribution is -2.29. The molecule has 32 heavy (non-hydrogen) atoms. The Morgan fingerprint density at radius 2 is 1.91 bits per heavy atom. The van der Waals surface area contributed by atoms with Gasteiger partial charge in [-0.3, -0.25) is 14.8 Å². The number of furan rings is 1. The van der Waals surface area contributed by atoms with Crippen molar-refractivity contribution < 1.29 is 18.7 Å². The summed E-state index contributed by atoms with van der Waals surface area (Å²) >= 11 is 3.47. The fourth-order valence-corrected chi connectivity index (χ4v) is 4.21. The number of benzene rings is 2. The van der Waals surface area contributed by atoms with E-state index in [2.05, 4.69) is 26.1 Å². The Bertz CT molecular complexity index is 1280. The van der Waals surface area contributed by atoms with Crippen LogP contribution >= 0.6 is 15.9 Å². The third-order valence-electron chi connectivity index (χ3n) is 5.37. The summed E-state index contributed by atoms with van der Waals surface area (Å²) in [4.78, 5) is 27.2. The number of hydrogen-bond acceptors (Lipinski definition) is 5. The molecule has 0 aliphatic carbocycles.